The van der Waals surface area contributed by atoms with E-state index in [-0.39, 0.29) is 24.6 Å². The van der Waals surface area contributed by atoms with Crippen LogP contribution in [-0.2, 0) is 14.9 Å². The number of unbranched alkanes of at least 4 members (excludes halogenated alkanes) is 13. The van der Waals surface area contributed by atoms with Crippen LogP contribution in [0.15, 0.2) is 12.2 Å². The summed E-state index contributed by atoms with van der Waals surface area (Å²) >= 11 is 0. The maximum absolute atomic E-state index is 11.5. The molecule has 0 aliphatic heterocycles. The van der Waals surface area contributed by atoms with Crippen LogP contribution >= 0.6 is 0 Å². The molecule has 0 saturated heterocycles. The normalized spacial score (nSPS) is 11.9. The molecule has 27 heavy (non-hydrogen) atoms. The van der Waals surface area contributed by atoms with E-state index in [0.717, 1.165) is 12.8 Å². The van der Waals surface area contributed by atoms with E-state index in [1.165, 1.54) is 83.1 Å². The van der Waals surface area contributed by atoms with Gasteiger partial charge in [-0.15, -0.1) is 0 Å². The molecule has 0 fully saturated rings. The zero-order chi connectivity index (χ0) is 20.2. The van der Waals surface area contributed by atoms with Crippen LogP contribution < -0.4 is 5.32 Å². The second kappa shape index (κ2) is 18.5. The standard InChI is InChI=1S/C21H41NO4S/c1-2-3-4-5-6-7-8-9-10-11-12-13-14-15-16-18-21(23)22-19-17-20-27(24,25)26/h16,18H,2-15,17,19-20H2,1H3,(H,22,23)(H,24,25,26)/b18-16+. The first kappa shape index (κ1) is 26.1. The van der Waals surface area contributed by atoms with Gasteiger partial charge in [-0.25, -0.2) is 0 Å². The van der Waals surface area contributed by atoms with Crippen LogP contribution in [0.3, 0.4) is 0 Å². The predicted molar refractivity (Wildman–Crippen MR) is 113 cm³/mol. The molecular formula is C21H41NO4S. The van der Waals surface area contributed by atoms with Gasteiger partial charge in [0.15, 0.2) is 0 Å². The van der Waals surface area contributed by atoms with E-state index >= 15 is 0 Å². The van der Waals surface area contributed by atoms with Crippen molar-refractivity contribution >= 4 is 16.0 Å². The molecule has 5 nitrogen and oxygen atoms in total. The third kappa shape index (κ3) is 23.1. The highest BCUT2D eigenvalue weighted by molar-refractivity contribution is 7.85. The Hall–Kier alpha value is -0.880. The number of carbonyl (C=O) groups excluding carboxylic acids is 1. The molecule has 0 radical (unpaired) electrons. The van der Waals surface area contributed by atoms with Gasteiger partial charge in [0.1, 0.15) is 0 Å². The van der Waals surface area contributed by atoms with E-state index in [2.05, 4.69) is 12.2 Å². The van der Waals surface area contributed by atoms with Crippen molar-refractivity contribution < 1.29 is 17.8 Å². The Kier molecular flexibility index (Phi) is 17.9. The summed E-state index contributed by atoms with van der Waals surface area (Å²) in [5, 5.41) is 2.60. The summed E-state index contributed by atoms with van der Waals surface area (Å²) in [6.45, 7) is 2.51. The summed E-state index contributed by atoms with van der Waals surface area (Å²) in [7, 11) is -3.93. The zero-order valence-electron chi connectivity index (χ0n) is 17.3. The van der Waals surface area contributed by atoms with Crippen molar-refractivity contribution in [3.8, 4) is 0 Å². The topological polar surface area (TPSA) is 83.5 Å². The van der Waals surface area contributed by atoms with E-state index < -0.39 is 10.1 Å². The fourth-order valence-corrected chi connectivity index (χ4v) is 3.50. The Morgan fingerprint density at radius 1 is 0.815 bits per heavy atom. The van der Waals surface area contributed by atoms with E-state index in [1.54, 1.807) is 0 Å². The third-order valence-electron chi connectivity index (χ3n) is 4.62. The molecule has 1 amide bonds. The SMILES string of the molecule is CCCCCCCCCCCCCCC/C=C/C(=O)NCCCS(=O)(=O)O. The van der Waals surface area contributed by atoms with Crippen LogP contribution in [0, 0.1) is 0 Å². The molecule has 0 atom stereocenters. The lowest BCUT2D eigenvalue weighted by Gasteiger charge is -2.02. The molecule has 0 heterocycles. The third-order valence-corrected chi connectivity index (χ3v) is 5.43. The van der Waals surface area contributed by atoms with Crippen LogP contribution in [0.5, 0.6) is 0 Å². The average molecular weight is 404 g/mol. The van der Waals surface area contributed by atoms with Gasteiger partial charge >= 0.3 is 0 Å². The van der Waals surface area contributed by atoms with Crippen molar-refractivity contribution in [3.63, 3.8) is 0 Å². The number of amides is 1. The first-order valence-corrected chi connectivity index (χ1v) is 12.5. The van der Waals surface area contributed by atoms with Gasteiger partial charge in [0.25, 0.3) is 10.1 Å². The lowest BCUT2D eigenvalue weighted by atomic mass is 10.0. The second-order valence-corrected chi connectivity index (χ2v) is 8.94. The lowest BCUT2D eigenvalue weighted by Crippen LogP contribution is -2.23. The Bertz CT molecular complexity index is 475. The van der Waals surface area contributed by atoms with Crippen LogP contribution in [0.1, 0.15) is 103 Å². The number of hydrogen-bond donors (Lipinski definition) is 2. The first-order chi connectivity index (χ1) is 13.0. The number of rotatable bonds is 19. The lowest BCUT2D eigenvalue weighted by molar-refractivity contribution is -0.116. The van der Waals surface area contributed by atoms with E-state index in [1.807, 2.05) is 6.08 Å². The molecule has 2 N–H and O–H groups in total. The predicted octanol–water partition coefficient (Wildman–Crippen LogP) is 5.42. The molecule has 0 aromatic rings. The average Bonchev–Trinajstić information content (AvgIpc) is 2.61. The molecule has 6 heteroatoms. The van der Waals surface area contributed by atoms with Crippen molar-refractivity contribution in [2.75, 3.05) is 12.3 Å². The molecule has 160 valence electrons. The Balaban J connectivity index is 3.29. The maximum atomic E-state index is 11.5. The van der Waals surface area contributed by atoms with Crippen LogP contribution in [0.4, 0.5) is 0 Å². The summed E-state index contributed by atoms with van der Waals surface area (Å²) in [4.78, 5) is 11.5. The monoisotopic (exact) mass is 403 g/mol. The molecule has 0 rings (SSSR count). The van der Waals surface area contributed by atoms with Crippen molar-refractivity contribution in [1.29, 1.82) is 0 Å². The van der Waals surface area contributed by atoms with Gasteiger partial charge in [-0.05, 0) is 25.3 Å². The van der Waals surface area contributed by atoms with Gasteiger partial charge in [-0.2, -0.15) is 8.42 Å². The van der Waals surface area contributed by atoms with Gasteiger partial charge in [0, 0.05) is 6.54 Å². The Labute approximate surface area is 167 Å². The molecular weight excluding hydrogens is 362 g/mol. The maximum Gasteiger partial charge on any atom is 0.264 e. The number of nitrogens with one attached hydrogen (secondary N) is 1. The van der Waals surface area contributed by atoms with Crippen LogP contribution in [-0.4, -0.2) is 31.2 Å². The number of allylic oxidation sites excluding steroid dienone is 1. The smallest absolute Gasteiger partial charge is 0.264 e. The summed E-state index contributed by atoms with van der Waals surface area (Å²) in [6.07, 6.45) is 21.8. The minimum Gasteiger partial charge on any atom is -0.353 e. The van der Waals surface area contributed by atoms with Crippen molar-refractivity contribution in [2.24, 2.45) is 0 Å². The second-order valence-electron chi connectivity index (χ2n) is 7.36. The molecule has 0 unspecified atom stereocenters. The zero-order valence-corrected chi connectivity index (χ0v) is 18.1. The fourth-order valence-electron chi connectivity index (χ4n) is 3.00. The summed E-state index contributed by atoms with van der Waals surface area (Å²) in [6, 6.07) is 0. The summed E-state index contributed by atoms with van der Waals surface area (Å²) < 4.78 is 29.6. The Morgan fingerprint density at radius 3 is 1.78 bits per heavy atom. The van der Waals surface area contributed by atoms with Crippen molar-refractivity contribution in [3.05, 3.63) is 12.2 Å². The van der Waals surface area contributed by atoms with E-state index in [9.17, 15) is 13.2 Å². The van der Waals surface area contributed by atoms with E-state index in [0.29, 0.717) is 0 Å². The number of carbonyl (C=O) groups is 1. The van der Waals surface area contributed by atoms with E-state index in [4.69, 9.17) is 4.55 Å². The molecule has 0 spiro atoms. The van der Waals surface area contributed by atoms with Gasteiger partial charge in [-0.1, -0.05) is 90.0 Å². The summed E-state index contributed by atoms with van der Waals surface area (Å²) in [5.74, 6) is -0.532. The fraction of sp³-hybridized carbons (Fsp3) is 0.857. The number of hydrogen-bond acceptors (Lipinski definition) is 3. The van der Waals surface area contributed by atoms with Crippen molar-refractivity contribution in [2.45, 2.75) is 103 Å². The molecule has 0 saturated carbocycles. The largest absolute Gasteiger partial charge is 0.353 e. The van der Waals surface area contributed by atoms with Crippen LogP contribution in [0.2, 0.25) is 0 Å². The molecule has 0 aliphatic rings. The van der Waals surface area contributed by atoms with Gasteiger partial charge in [0.2, 0.25) is 5.91 Å². The highest BCUT2D eigenvalue weighted by Crippen LogP contribution is 2.12. The summed E-state index contributed by atoms with van der Waals surface area (Å²) in [5.41, 5.74) is 0. The first-order valence-electron chi connectivity index (χ1n) is 10.8. The molecule has 0 aliphatic carbocycles. The van der Waals surface area contributed by atoms with Crippen LogP contribution in [0.25, 0.3) is 0 Å². The highest BCUT2D eigenvalue weighted by Gasteiger charge is 2.03. The van der Waals surface area contributed by atoms with Gasteiger partial charge < -0.3 is 5.32 Å². The Morgan fingerprint density at radius 2 is 1.30 bits per heavy atom. The quantitative estimate of drug-likeness (QED) is 0.171. The molecule has 0 aromatic heterocycles. The van der Waals surface area contributed by atoms with Gasteiger partial charge in [-0.3, -0.25) is 9.35 Å². The molecule has 0 aromatic carbocycles. The minimum atomic E-state index is -3.93. The van der Waals surface area contributed by atoms with Crippen molar-refractivity contribution in [1.82, 2.24) is 5.32 Å². The van der Waals surface area contributed by atoms with Gasteiger partial charge in [0.05, 0.1) is 5.75 Å². The minimum absolute atomic E-state index is 0.208. The highest BCUT2D eigenvalue weighted by atomic mass is 32.2. The molecule has 0 bridgehead atoms.